The Morgan fingerprint density at radius 3 is 2.47 bits per heavy atom. The molecule has 0 bridgehead atoms. The molecule has 1 saturated heterocycles. The second kappa shape index (κ2) is 14.9. The van der Waals surface area contributed by atoms with Gasteiger partial charge in [-0.1, -0.05) is 43.2 Å². The van der Waals surface area contributed by atoms with Crippen molar-refractivity contribution in [3.05, 3.63) is 60.8 Å². The first-order chi connectivity index (χ1) is 25.9. The lowest BCUT2D eigenvalue weighted by molar-refractivity contribution is -0.141. The van der Waals surface area contributed by atoms with E-state index in [2.05, 4.69) is 28.5 Å². The highest BCUT2D eigenvalue weighted by Crippen LogP contribution is 2.48. The molecule has 4 amide bonds. The molecule has 1 aromatic carbocycles. The van der Waals surface area contributed by atoms with Crippen molar-refractivity contribution in [1.82, 2.24) is 25.2 Å². The molecule has 2 aromatic rings. The minimum atomic E-state index is -3.99. The van der Waals surface area contributed by atoms with E-state index in [1.807, 2.05) is 37.3 Å². The molecule has 55 heavy (non-hydrogen) atoms. The van der Waals surface area contributed by atoms with Crippen molar-refractivity contribution < 1.29 is 37.1 Å². The van der Waals surface area contributed by atoms with Crippen molar-refractivity contribution in [1.29, 1.82) is 0 Å². The Hall–Kier alpha value is -4.46. The largest absolute Gasteiger partial charge is 0.483 e. The number of ether oxygens (including phenoxy) is 2. The second-order valence-electron chi connectivity index (χ2n) is 17.0. The van der Waals surface area contributed by atoms with Gasteiger partial charge in [0, 0.05) is 23.3 Å². The monoisotopic (exact) mass is 777 g/mol. The fourth-order valence-corrected chi connectivity index (χ4v) is 9.22. The molecule has 5 atom stereocenters. The van der Waals surface area contributed by atoms with Gasteiger partial charge >= 0.3 is 6.09 Å². The predicted octanol–water partition coefficient (Wildman–Crippen LogP) is 5.30. The van der Waals surface area contributed by atoms with Crippen LogP contribution >= 0.6 is 0 Å². The van der Waals surface area contributed by atoms with Crippen LogP contribution in [0.15, 0.2) is 49.6 Å². The third-order valence-corrected chi connectivity index (χ3v) is 13.7. The van der Waals surface area contributed by atoms with E-state index in [1.165, 1.54) is 11.0 Å². The number of unbranched alkanes of at least 4 members (excludes halogenated alkanes) is 3. The number of hydrogen-bond donors (Lipinski definition) is 3. The molecule has 13 nitrogen and oxygen atoms in total. The van der Waals surface area contributed by atoms with Crippen LogP contribution in [0.2, 0.25) is 0 Å². The zero-order valence-electron chi connectivity index (χ0n) is 32.7. The first-order valence-corrected chi connectivity index (χ1v) is 20.8. The van der Waals surface area contributed by atoms with Crippen LogP contribution in [-0.4, -0.2) is 82.2 Å². The molecule has 14 heteroatoms. The van der Waals surface area contributed by atoms with E-state index in [9.17, 15) is 27.6 Å². The average molecular weight is 778 g/mol. The Kier molecular flexibility index (Phi) is 10.9. The van der Waals surface area contributed by atoms with E-state index in [4.69, 9.17) is 14.5 Å². The van der Waals surface area contributed by atoms with Gasteiger partial charge in [-0.05, 0) is 92.1 Å². The van der Waals surface area contributed by atoms with Gasteiger partial charge in [0.25, 0.3) is 5.91 Å². The number of hydrogen-bond acceptors (Lipinski definition) is 9. The fraction of sp³-hybridized carbons (Fsp3) is 0.585. The molecule has 2 aliphatic heterocycles. The molecule has 3 N–H and O–H groups in total. The number of carbonyl (C=O) groups is 4. The first kappa shape index (κ1) is 40.2. The highest BCUT2D eigenvalue weighted by Gasteiger charge is 2.63. The Labute approximate surface area is 324 Å². The van der Waals surface area contributed by atoms with Crippen molar-refractivity contribution in [2.75, 3.05) is 6.54 Å². The van der Waals surface area contributed by atoms with Crippen LogP contribution in [0.4, 0.5) is 4.79 Å². The summed E-state index contributed by atoms with van der Waals surface area (Å²) >= 11 is 0. The summed E-state index contributed by atoms with van der Waals surface area (Å²) in [5, 5.41) is 6.63. The number of nitrogens with zero attached hydrogens (tertiary/aromatic N) is 2. The number of amides is 4. The Bertz CT molecular complexity index is 2010. The third-order valence-electron chi connectivity index (χ3n) is 11.5. The number of aromatic nitrogens is 1. The minimum Gasteiger partial charge on any atom is -0.483 e. The van der Waals surface area contributed by atoms with Crippen molar-refractivity contribution >= 4 is 44.7 Å². The summed E-state index contributed by atoms with van der Waals surface area (Å²) in [4.78, 5) is 62.4. The summed E-state index contributed by atoms with van der Waals surface area (Å²) in [5.74, 6) is -1.83. The SMILES string of the molecule is C=CCCCCC[C@H](NC(=O)OC(C)(C)C)C(=O)N1C[C@@]2(CCc3c(c(C)nc4ccccc34)O2)C[C@H]1C(=O)N[C@]1(C(=O)NS(=O)(=O)C2(C)CC2)C[C@H]1C=C. The smallest absolute Gasteiger partial charge is 0.408 e. The summed E-state index contributed by atoms with van der Waals surface area (Å²) in [5.41, 5.74) is -0.800. The number of nitrogens with one attached hydrogen (secondary N) is 3. The van der Waals surface area contributed by atoms with E-state index in [0.29, 0.717) is 50.0 Å². The van der Waals surface area contributed by atoms with Crippen LogP contribution in [0.1, 0.15) is 103 Å². The highest BCUT2D eigenvalue weighted by molar-refractivity contribution is 7.91. The van der Waals surface area contributed by atoms with Crippen molar-refractivity contribution in [2.24, 2.45) is 5.92 Å². The zero-order valence-corrected chi connectivity index (χ0v) is 33.5. The summed E-state index contributed by atoms with van der Waals surface area (Å²) in [6, 6.07) is 5.71. The highest BCUT2D eigenvalue weighted by atomic mass is 32.2. The lowest BCUT2D eigenvalue weighted by Crippen LogP contribution is -2.58. The van der Waals surface area contributed by atoms with Crippen LogP contribution in [0.25, 0.3) is 10.9 Å². The van der Waals surface area contributed by atoms with Gasteiger partial charge in [-0.25, -0.2) is 18.2 Å². The van der Waals surface area contributed by atoms with E-state index in [1.54, 1.807) is 27.7 Å². The van der Waals surface area contributed by atoms with Crippen molar-refractivity contribution in [3.8, 4) is 5.75 Å². The van der Waals surface area contributed by atoms with Crippen LogP contribution in [-0.2, 0) is 35.6 Å². The molecule has 6 rings (SSSR count). The summed E-state index contributed by atoms with van der Waals surface area (Å²) in [7, 11) is -3.99. The number of fused-ring (bicyclic) bond motifs is 3. The first-order valence-electron chi connectivity index (χ1n) is 19.4. The zero-order chi connectivity index (χ0) is 40.0. The number of rotatable bonds is 14. The summed E-state index contributed by atoms with van der Waals surface area (Å²) < 4.78 is 39.8. The Morgan fingerprint density at radius 2 is 1.82 bits per heavy atom. The molecule has 4 aliphatic rings. The van der Waals surface area contributed by atoms with Gasteiger partial charge in [0.05, 0.1) is 22.5 Å². The predicted molar refractivity (Wildman–Crippen MR) is 209 cm³/mol. The number of para-hydroxylation sites is 1. The molecular formula is C41H55N5O8S. The Morgan fingerprint density at radius 1 is 1.09 bits per heavy atom. The van der Waals surface area contributed by atoms with Crippen molar-refractivity contribution in [2.45, 2.75) is 139 Å². The van der Waals surface area contributed by atoms with Crippen LogP contribution in [0.3, 0.4) is 0 Å². The van der Waals surface area contributed by atoms with Gasteiger partial charge in [0.2, 0.25) is 21.8 Å². The number of aryl methyl sites for hydroxylation is 2. The number of alkyl carbamates (subject to hydrolysis) is 1. The number of sulfonamides is 1. The molecule has 0 radical (unpaired) electrons. The molecule has 2 saturated carbocycles. The summed E-state index contributed by atoms with van der Waals surface area (Å²) in [6.07, 6.45) is 8.23. The number of pyridine rings is 1. The molecule has 0 unspecified atom stereocenters. The normalized spacial score (nSPS) is 25.6. The number of benzene rings is 1. The van der Waals surface area contributed by atoms with E-state index in [0.717, 1.165) is 35.7 Å². The van der Waals surface area contributed by atoms with Crippen LogP contribution in [0.5, 0.6) is 5.75 Å². The molecule has 3 heterocycles. The van der Waals surface area contributed by atoms with Gasteiger partial charge in [-0.2, -0.15) is 0 Å². The van der Waals surface area contributed by atoms with Crippen molar-refractivity contribution in [3.63, 3.8) is 0 Å². The standard InChI is InChI=1S/C41H55N5O8S/c1-8-10-11-12-13-18-31(43-37(50)54-38(4,5)6)35(48)46-25-40(20-19-29-28-16-14-15-17-30(28)42-26(3)33(29)53-40)24-32(46)34(47)44-41(23-27(41)9-2)36(49)45-55(51,52)39(7)21-22-39/h8-9,14-17,27,31-32H,1-2,10-13,18-25H2,3-7H3,(H,43,50)(H,44,47)(H,45,49)/t27-,31+,32+,40-,41-/m1/s1. The molecule has 3 fully saturated rings. The molecule has 1 spiro atoms. The van der Waals surface area contributed by atoms with Gasteiger partial charge in [0.1, 0.15) is 34.6 Å². The topological polar surface area (TPSA) is 173 Å². The van der Waals surface area contributed by atoms with Gasteiger partial charge < -0.3 is 25.0 Å². The maximum Gasteiger partial charge on any atom is 0.408 e. The van der Waals surface area contributed by atoms with Crippen LogP contribution in [0, 0.1) is 12.8 Å². The van der Waals surface area contributed by atoms with Crippen LogP contribution < -0.4 is 20.1 Å². The molecule has 298 valence electrons. The molecule has 1 aromatic heterocycles. The maximum absolute atomic E-state index is 14.8. The minimum absolute atomic E-state index is 0.0371. The lowest BCUT2D eigenvalue weighted by atomic mass is 9.87. The van der Waals surface area contributed by atoms with Gasteiger partial charge in [-0.15, -0.1) is 13.2 Å². The average Bonchev–Trinajstić information content (AvgIpc) is 4.02. The number of likely N-dealkylation sites (tertiary alicyclic amines) is 1. The third kappa shape index (κ3) is 8.24. The van der Waals surface area contributed by atoms with E-state index in [-0.39, 0.29) is 19.4 Å². The lowest BCUT2D eigenvalue weighted by Gasteiger charge is -2.36. The quantitative estimate of drug-likeness (QED) is 0.170. The van der Waals surface area contributed by atoms with E-state index >= 15 is 0 Å². The number of carbonyl (C=O) groups excluding carboxylic acids is 4. The summed E-state index contributed by atoms with van der Waals surface area (Å²) in [6.45, 7) is 16.3. The van der Waals surface area contributed by atoms with Gasteiger partial charge in [-0.3, -0.25) is 19.1 Å². The molecular weight excluding hydrogens is 723 g/mol. The Balaban J connectivity index is 1.32. The fourth-order valence-electron chi connectivity index (χ4n) is 7.91. The second-order valence-corrected chi connectivity index (χ2v) is 19.2. The van der Waals surface area contributed by atoms with E-state index < -0.39 is 73.3 Å². The molecule has 2 aliphatic carbocycles. The number of allylic oxidation sites excluding steroid dienone is 1. The maximum atomic E-state index is 14.8. The van der Waals surface area contributed by atoms with Gasteiger partial charge in [0.15, 0.2) is 0 Å².